The molecule has 29 heavy (non-hydrogen) atoms. The first-order valence-corrected chi connectivity index (χ1v) is 9.78. The highest BCUT2D eigenvalue weighted by Gasteiger charge is 2.29. The smallest absolute Gasteiger partial charge is 0.446 e. The topological polar surface area (TPSA) is 41.9 Å². The molecule has 0 aliphatic rings. The van der Waals surface area contributed by atoms with Gasteiger partial charge in [0, 0.05) is 24.1 Å². The summed E-state index contributed by atoms with van der Waals surface area (Å²) in [5.41, 5.74) is -1.48. The number of hydrogen-bond donors (Lipinski definition) is 0. The lowest BCUT2D eigenvalue weighted by Gasteiger charge is -2.12. The number of benzene rings is 2. The SMILES string of the molecule is CCN(C)C=Nc1cc(C)c(C(=O)COc2cccc(SC(F)(F)F)c2)cc1C. The molecule has 0 amide bonds. The Labute approximate surface area is 172 Å². The van der Waals surface area contributed by atoms with E-state index in [0.717, 1.165) is 23.4 Å². The fraction of sp³-hybridized carbons (Fsp3) is 0.333. The molecule has 0 aromatic heterocycles. The summed E-state index contributed by atoms with van der Waals surface area (Å²) in [7, 11) is 1.92. The van der Waals surface area contributed by atoms with Gasteiger partial charge in [-0.15, -0.1) is 0 Å². The van der Waals surface area contributed by atoms with Crippen LogP contribution in [0.2, 0.25) is 0 Å². The number of ketones is 1. The predicted molar refractivity (Wildman–Crippen MR) is 111 cm³/mol. The Balaban J connectivity index is 2.09. The second-order valence-corrected chi connectivity index (χ2v) is 7.64. The van der Waals surface area contributed by atoms with Gasteiger partial charge >= 0.3 is 5.51 Å². The van der Waals surface area contributed by atoms with Crippen LogP contribution < -0.4 is 4.74 Å². The highest BCUT2D eigenvalue weighted by atomic mass is 32.2. The Morgan fingerprint density at radius 3 is 2.59 bits per heavy atom. The van der Waals surface area contributed by atoms with E-state index in [1.165, 1.54) is 24.3 Å². The molecule has 0 bridgehead atoms. The minimum Gasteiger partial charge on any atom is -0.485 e. The molecule has 0 saturated heterocycles. The molecule has 0 saturated carbocycles. The zero-order valence-corrected chi connectivity index (χ0v) is 17.5. The van der Waals surface area contributed by atoms with Gasteiger partial charge in [-0.05, 0) is 74.0 Å². The van der Waals surface area contributed by atoms with Gasteiger partial charge in [0.2, 0.25) is 0 Å². The van der Waals surface area contributed by atoms with E-state index >= 15 is 0 Å². The number of alkyl halides is 3. The number of carbonyl (C=O) groups is 1. The van der Waals surface area contributed by atoms with Crippen molar-refractivity contribution in [2.24, 2.45) is 4.99 Å². The van der Waals surface area contributed by atoms with Crippen LogP contribution in [-0.4, -0.2) is 42.7 Å². The van der Waals surface area contributed by atoms with Gasteiger partial charge in [0.1, 0.15) is 5.75 Å². The number of ether oxygens (including phenoxy) is 1. The quantitative estimate of drug-likeness (QED) is 0.233. The van der Waals surface area contributed by atoms with Crippen LogP contribution in [0.25, 0.3) is 0 Å². The molecule has 0 spiro atoms. The summed E-state index contributed by atoms with van der Waals surface area (Å²) in [4.78, 5) is 19.0. The highest BCUT2D eigenvalue weighted by molar-refractivity contribution is 8.00. The van der Waals surface area contributed by atoms with Crippen molar-refractivity contribution in [3.8, 4) is 5.75 Å². The summed E-state index contributed by atoms with van der Waals surface area (Å²) in [6.45, 7) is 6.27. The number of nitrogens with zero attached hydrogens (tertiary/aromatic N) is 2. The van der Waals surface area contributed by atoms with E-state index in [2.05, 4.69) is 4.99 Å². The van der Waals surface area contributed by atoms with Crippen LogP contribution in [-0.2, 0) is 0 Å². The van der Waals surface area contributed by atoms with Crippen molar-refractivity contribution < 1.29 is 22.7 Å². The molecule has 2 aromatic rings. The minimum atomic E-state index is -4.38. The molecular formula is C21H23F3N2O2S. The van der Waals surface area contributed by atoms with Crippen molar-refractivity contribution in [2.75, 3.05) is 20.2 Å². The number of aliphatic imine (C=N–C) groups is 1. The van der Waals surface area contributed by atoms with Crippen LogP contribution >= 0.6 is 11.8 Å². The summed E-state index contributed by atoms with van der Waals surface area (Å²) in [6.07, 6.45) is 1.73. The van der Waals surface area contributed by atoms with E-state index in [4.69, 9.17) is 4.74 Å². The van der Waals surface area contributed by atoms with Crippen LogP contribution in [0.4, 0.5) is 18.9 Å². The van der Waals surface area contributed by atoms with E-state index in [0.29, 0.717) is 5.56 Å². The summed E-state index contributed by atoms with van der Waals surface area (Å²) in [6, 6.07) is 9.19. The van der Waals surface area contributed by atoms with Crippen LogP contribution in [0.1, 0.15) is 28.4 Å². The molecule has 2 aromatic carbocycles. The number of halogens is 3. The fourth-order valence-electron chi connectivity index (χ4n) is 2.47. The molecular weight excluding hydrogens is 401 g/mol. The molecule has 0 atom stereocenters. The van der Waals surface area contributed by atoms with Gasteiger partial charge in [-0.3, -0.25) is 4.79 Å². The predicted octanol–water partition coefficient (Wildman–Crippen LogP) is 5.79. The third kappa shape index (κ3) is 7.12. The summed E-state index contributed by atoms with van der Waals surface area (Å²) >= 11 is -0.222. The maximum absolute atomic E-state index is 12.6. The minimum absolute atomic E-state index is 0.00809. The zero-order valence-electron chi connectivity index (χ0n) is 16.7. The van der Waals surface area contributed by atoms with Gasteiger partial charge in [0.05, 0.1) is 12.0 Å². The third-order valence-corrected chi connectivity index (χ3v) is 4.87. The molecule has 0 fully saturated rings. The van der Waals surface area contributed by atoms with Crippen LogP contribution in [0.3, 0.4) is 0 Å². The molecule has 0 aliphatic heterocycles. The molecule has 0 heterocycles. The molecule has 8 heteroatoms. The maximum atomic E-state index is 12.6. The molecule has 0 aliphatic carbocycles. The number of Topliss-reactive ketones (excluding diaryl/α,β-unsaturated/α-hetero) is 1. The Hall–Kier alpha value is -2.48. The maximum Gasteiger partial charge on any atom is 0.446 e. The van der Waals surface area contributed by atoms with Crippen molar-refractivity contribution in [1.82, 2.24) is 4.90 Å². The zero-order chi connectivity index (χ0) is 21.6. The molecule has 0 unspecified atom stereocenters. The first-order chi connectivity index (χ1) is 13.6. The lowest BCUT2D eigenvalue weighted by Crippen LogP contribution is -2.14. The molecule has 0 radical (unpaired) electrons. The fourth-order valence-corrected chi connectivity index (χ4v) is 3.06. The van der Waals surface area contributed by atoms with Gasteiger partial charge in [0.25, 0.3) is 0 Å². The lowest BCUT2D eigenvalue weighted by molar-refractivity contribution is -0.0328. The van der Waals surface area contributed by atoms with E-state index < -0.39 is 5.51 Å². The van der Waals surface area contributed by atoms with Crippen LogP contribution in [0.15, 0.2) is 46.3 Å². The van der Waals surface area contributed by atoms with Crippen molar-refractivity contribution in [3.05, 3.63) is 53.1 Å². The third-order valence-electron chi connectivity index (χ3n) is 4.15. The Kier molecular flexibility index (Phi) is 7.73. The summed E-state index contributed by atoms with van der Waals surface area (Å²) < 4.78 is 42.9. The number of carbonyl (C=O) groups excluding carboxylic acids is 1. The number of aryl methyl sites for hydroxylation is 2. The van der Waals surface area contributed by atoms with E-state index in [1.54, 1.807) is 12.4 Å². The van der Waals surface area contributed by atoms with Crippen LogP contribution in [0.5, 0.6) is 5.75 Å². The van der Waals surface area contributed by atoms with Gasteiger partial charge in [0.15, 0.2) is 12.4 Å². The van der Waals surface area contributed by atoms with Crippen molar-refractivity contribution in [1.29, 1.82) is 0 Å². The van der Waals surface area contributed by atoms with Crippen LogP contribution in [0, 0.1) is 13.8 Å². The molecule has 0 N–H and O–H groups in total. The second-order valence-electron chi connectivity index (χ2n) is 6.51. The van der Waals surface area contributed by atoms with Crippen molar-refractivity contribution >= 4 is 29.6 Å². The summed E-state index contributed by atoms with van der Waals surface area (Å²) in [5, 5.41) is 0. The lowest BCUT2D eigenvalue weighted by atomic mass is 10.0. The first kappa shape index (κ1) is 22.8. The number of thioether (sulfide) groups is 1. The highest BCUT2D eigenvalue weighted by Crippen LogP contribution is 2.37. The average molecular weight is 424 g/mol. The van der Waals surface area contributed by atoms with Gasteiger partial charge in [-0.1, -0.05) is 6.07 Å². The molecule has 4 nitrogen and oxygen atoms in total. The average Bonchev–Trinajstić information content (AvgIpc) is 2.65. The Morgan fingerprint density at radius 2 is 1.93 bits per heavy atom. The normalized spacial score (nSPS) is 11.7. The van der Waals surface area contributed by atoms with Crippen molar-refractivity contribution in [3.63, 3.8) is 0 Å². The Morgan fingerprint density at radius 1 is 1.21 bits per heavy atom. The van der Waals surface area contributed by atoms with Crippen molar-refractivity contribution in [2.45, 2.75) is 31.2 Å². The van der Waals surface area contributed by atoms with E-state index in [-0.39, 0.29) is 34.8 Å². The van der Waals surface area contributed by atoms with Gasteiger partial charge < -0.3 is 9.64 Å². The second kappa shape index (κ2) is 9.82. The van der Waals surface area contributed by atoms with E-state index in [9.17, 15) is 18.0 Å². The van der Waals surface area contributed by atoms with Gasteiger partial charge in [-0.2, -0.15) is 13.2 Å². The summed E-state index contributed by atoms with van der Waals surface area (Å²) in [5.74, 6) is -0.0357. The Bertz CT molecular complexity index is 898. The number of rotatable bonds is 8. The molecule has 156 valence electrons. The number of hydrogen-bond acceptors (Lipinski definition) is 4. The van der Waals surface area contributed by atoms with E-state index in [1.807, 2.05) is 38.8 Å². The largest absolute Gasteiger partial charge is 0.485 e. The monoisotopic (exact) mass is 424 g/mol. The van der Waals surface area contributed by atoms with Gasteiger partial charge in [-0.25, -0.2) is 4.99 Å². The molecule has 2 rings (SSSR count). The standard InChI is InChI=1S/C21H23F3N2O2S/c1-5-26(4)13-25-19-10-14(2)18(9-15(19)3)20(27)12-28-16-7-6-8-17(11-16)29-21(22,23)24/h6-11,13H,5,12H2,1-4H3. The first-order valence-electron chi connectivity index (χ1n) is 8.96.